The molecule has 0 bridgehead atoms. The minimum Gasteiger partial charge on any atom is -0.506 e. The lowest BCUT2D eigenvalue weighted by atomic mass is 9.91. The van der Waals surface area contributed by atoms with Crippen molar-refractivity contribution in [3.05, 3.63) is 71.4 Å². The van der Waals surface area contributed by atoms with E-state index in [4.69, 9.17) is 0 Å². The Kier molecular flexibility index (Phi) is 3.72. The van der Waals surface area contributed by atoms with Crippen molar-refractivity contribution in [2.75, 3.05) is 4.90 Å². The number of rotatable bonds is 2. The minimum atomic E-state index is -0.0919. The predicted molar refractivity (Wildman–Crippen MR) is 87.9 cm³/mol. The molecule has 2 aromatic rings. The van der Waals surface area contributed by atoms with Crippen molar-refractivity contribution in [2.24, 2.45) is 0 Å². The van der Waals surface area contributed by atoms with E-state index in [0.717, 1.165) is 16.8 Å². The highest BCUT2D eigenvalue weighted by molar-refractivity contribution is 5.97. The van der Waals surface area contributed by atoms with Crippen LogP contribution in [0.5, 0.6) is 5.75 Å². The number of Topliss-reactive ketones (excluding diaryl/α,β-unsaturated/α-hetero) is 1. The van der Waals surface area contributed by atoms with E-state index in [9.17, 15) is 9.90 Å². The fourth-order valence-corrected chi connectivity index (χ4v) is 2.95. The van der Waals surface area contributed by atoms with E-state index in [0.29, 0.717) is 12.0 Å². The van der Waals surface area contributed by atoms with E-state index >= 15 is 0 Å². The van der Waals surface area contributed by atoms with Crippen molar-refractivity contribution in [3.8, 4) is 5.75 Å². The van der Waals surface area contributed by atoms with Crippen LogP contribution in [0.2, 0.25) is 0 Å². The summed E-state index contributed by atoms with van der Waals surface area (Å²) < 4.78 is 0. The predicted octanol–water partition coefficient (Wildman–Crippen LogP) is 4.12. The largest absolute Gasteiger partial charge is 0.506 e. The zero-order valence-electron chi connectivity index (χ0n) is 12.8. The third-order valence-electron chi connectivity index (χ3n) is 4.19. The van der Waals surface area contributed by atoms with Gasteiger partial charge in [-0.25, -0.2) is 0 Å². The first kappa shape index (κ1) is 14.4. The molecule has 3 rings (SSSR count). The molecular formula is C19H19NO2. The van der Waals surface area contributed by atoms with Crippen LogP contribution in [0.4, 0.5) is 5.69 Å². The molecule has 0 aromatic heterocycles. The van der Waals surface area contributed by atoms with E-state index in [2.05, 4.69) is 6.07 Å². The quantitative estimate of drug-likeness (QED) is 0.905. The molecule has 2 aromatic carbocycles. The van der Waals surface area contributed by atoms with Crippen LogP contribution in [0.3, 0.4) is 0 Å². The van der Waals surface area contributed by atoms with Crippen LogP contribution >= 0.6 is 0 Å². The molecule has 22 heavy (non-hydrogen) atoms. The van der Waals surface area contributed by atoms with E-state index < -0.39 is 0 Å². The molecule has 1 atom stereocenters. The fraction of sp³-hybridized carbons (Fsp3) is 0.211. The van der Waals surface area contributed by atoms with Gasteiger partial charge in [0.15, 0.2) is 5.78 Å². The average molecular weight is 293 g/mol. The van der Waals surface area contributed by atoms with Crippen molar-refractivity contribution in [1.82, 2.24) is 0 Å². The summed E-state index contributed by atoms with van der Waals surface area (Å²) in [7, 11) is 0. The number of aryl methyl sites for hydroxylation is 1. The maximum atomic E-state index is 12.2. The molecule has 1 heterocycles. The topological polar surface area (TPSA) is 40.5 Å². The standard InChI is InChI=1S/C19H19NO2/c1-13-7-3-4-8-15(13)17-11-19(22)14(2)12-20(17)16-9-5-6-10-18(16)21/h3-10,12,17,21H,11H2,1-2H3/t17-/m1/s1. The number of carbonyl (C=O) groups is 1. The van der Waals surface area contributed by atoms with Crippen LogP contribution in [0.15, 0.2) is 60.3 Å². The van der Waals surface area contributed by atoms with E-state index in [1.165, 1.54) is 0 Å². The Morgan fingerprint density at radius 1 is 1.05 bits per heavy atom. The number of anilines is 1. The number of hydrogen-bond donors (Lipinski definition) is 1. The van der Waals surface area contributed by atoms with E-state index in [-0.39, 0.29) is 17.6 Å². The van der Waals surface area contributed by atoms with Gasteiger partial charge in [-0.2, -0.15) is 0 Å². The fourth-order valence-electron chi connectivity index (χ4n) is 2.95. The van der Waals surface area contributed by atoms with Crippen LogP contribution in [-0.2, 0) is 4.79 Å². The second-order valence-corrected chi connectivity index (χ2v) is 5.71. The Morgan fingerprint density at radius 3 is 2.45 bits per heavy atom. The van der Waals surface area contributed by atoms with Crippen molar-refractivity contribution in [2.45, 2.75) is 26.3 Å². The molecule has 3 nitrogen and oxygen atoms in total. The van der Waals surface area contributed by atoms with Gasteiger partial charge in [0.2, 0.25) is 0 Å². The second-order valence-electron chi connectivity index (χ2n) is 5.71. The number of phenolic OH excluding ortho intramolecular Hbond substituents is 1. The number of allylic oxidation sites excluding steroid dienone is 1. The highest BCUT2D eigenvalue weighted by Gasteiger charge is 2.29. The number of ketones is 1. The molecule has 112 valence electrons. The summed E-state index contributed by atoms with van der Waals surface area (Å²) in [6, 6.07) is 15.2. The first-order valence-electron chi connectivity index (χ1n) is 7.41. The molecule has 1 aliphatic rings. The van der Waals surface area contributed by atoms with Crippen LogP contribution in [0, 0.1) is 6.92 Å². The lowest BCUT2D eigenvalue weighted by Crippen LogP contribution is -2.31. The van der Waals surface area contributed by atoms with Crippen LogP contribution < -0.4 is 4.90 Å². The first-order chi connectivity index (χ1) is 10.6. The third-order valence-corrected chi connectivity index (χ3v) is 4.19. The maximum absolute atomic E-state index is 12.2. The summed E-state index contributed by atoms with van der Waals surface area (Å²) in [6.07, 6.45) is 2.26. The van der Waals surface area contributed by atoms with Gasteiger partial charge >= 0.3 is 0 Å². The van der Waals surface area contributed by atoms with Gasteiger partial charge < -0.3 is 10.0 Å². The normalized spacial score (nSPS) is 18.3. The number of hydrogen-bond acceptors (Lipinski definition) is 3. The number of benzene rings is 2. The van der Waals surface area contributed by atoms with Crippen molar-refractivity contribution >= 4 is 11.5 Å². The van der Waals surface area contributed by atoms with Crippen molar-refractivity contribution < 1.29 is 9.90 Å². The van der Waals surface area contributed by atoms with Crippen LogP contribution in [-0.4, -0.2) is 10.9 Å². The molecule has 1 N–H and O–H groups in total. The number of nitrogens with zero attached hydrogens (tertiary/aromatic N) is 1. The number of para-hydroxylation sites is 2. The number of aromatic hydroxyl groups is 1. The minimum absolute atomic E-state index is 0.0919. The summed E-state index contributed by atoms with van der Waals surface area (Å²) in [6.45, 7) is 3.87. The SMILES string of the molecule is CC1=CN(c2ccccc2O)[C@@H](c2ccccc2C)CC1=O. The molecule has 0 fully saturated rings. The summed E-state index contributed by atoms with van der Waals surface area (Å²) in [5.74, 6) is 0.374. The summed E-state index contributed by atoms with van der Waals surface area (Å²) in [5.41, 5.74) is 3.70. The van der Waals surface area contributed by atoms with Gasteiger partial charge in [0.25, 0.3) is 0 Å². The monoisotopic (exact) mass is 293 g/mol. The number of phenols is 1. The van der Waals surface area contributed by atoms with Gasteiger partial charge in [-0.05, 0) is 37.1 Å². The number of carbonyl (C=O) groups excluding carboxylic acids is 1. The summed E-state index contributed by atoms with van der Waals surface area (Å²) >= 11 is 0. The van der Waals surface area contributed by atoms with Crippen LogP contribution in [0.1, 0.15) is 30.5 Å². The average Bonchev–Trinajstić information content (AvgIpc) is 2.51. The molecular weight excluding hydrogens is 274 g/mol. The molecule has 1 aliphatic heterocycles. The Bertz CT molecular complexity index is 749. The van der Waals surface area contributed by atoms with E-state index in [1.54, 1.807) is 12.1 Å². The van der Waals surface area contributed by atoms with Gasteiger partial charge in [-0.3, -0.25) is 4.79 Å². The summed E-state index contributed by atoms with van der Waals surface area (Å²) in [4.78, 5) is 14.2. The molecule has 0 radical (unpaired) electrons. The van der Waals surface area contributed by atoms with Gasteiger partial charge in [0.05, 0.1) is 11.7 Å². The molecule has 0 spiro atoms. The lowest BCUT2D eigenvalue weighted by molar-refractivity contribution is -0.116. The Morgan fingerprint density at radius 2 is 1.73 bits per heavy atom. The van der Waals surface area contributed by atoms with Gasteiger partial charge in [0.1, 0.15) is 5.75 Å². The van der Waals surface area contributed by atoms with Crippen molar-refractivity contribution in [3.63, 3.8) is 0 Å². The van der Waals surface area contributed by atoms with Gasteiger partial charge in [0, 0.05) is 18.2 Å². The zero-order chi connectivity index (χ0) is 15.7. The highest BCUT2D eigenvalue weighted by Crippen LogP contribution is 2.39. The van der Waals surface area contributed by atoms with E-state index in [1.807, 2.05) is 55.3 Å². The Labute approximate surface area is 130 Å². The smallest absolute Gasteiger partial charge is 0.162 e. The Balaban J connectivity index is 2.13. The Hall–Kier alpha value is -2.55. The first-order valence-corrected chi connectivity index (χ1v) is 7.41. The van der Waals surface area contributed by atoms with Gasteiger partial charge in [-0.15, -0.1) is 0 Å². The van der Waals surface area contributed by atoms with Crippen LogP contribution in [0.25, 0.3) is 0 Å². The summed E-state index contributed by atoms with van der Waals surface area (Å²) in [5, 5.41) is 10.2. The molecule has 0 amide bonds. The third kappa shape index (κ3) is 2.50. The lowest BCUT2D eigenvalue weighted by Gasteiger charge is -2.35. The molecule has 0 aliphatic carbocycles. The molecule has 0 saturated heterocycles. The van der Waals surface area contributed by atoms with Gasteiger partial charge in [-0.1, -0.05) is 36.4 Å². The zero-order valence-corrected chi connectivity index (χ0v) is 12.8. The molecule has 0 unspecified atom stereocenters. The highest BCUT2D eigenvalue weighted by atomic mass is 16.3. The maximum Gasteiger partial charge on any atom is 0.162 e. The second kappa shape index (κ2) is 5.68. The molecule has 3 heteroatoms. The molecule has 0 saturated carbocycles. The van der Waals surface area contributed by atoms with Crippen molar-refractivity contribution in [1.29, 1.82) is 0 Å².